The molecule has 2 rings (SSSR count). The Balaban J connectivity index is 1.91. The maximum atomic E-state index is 10.1. The summed E-state index contributed by atoms with van der Waals surface area (Å²) in [5.41, 5.74) is 23.8. The molecule has 0 aromatic rings. The van der Waals surface area contributed by atoms with Crippen LogP contribution in [0.4, 0.5) is 0 Å². The van der Waals surface area contributed by atoms with Crippen LogP contribution in [0.2, 0.25) is 0 Å². The van der Waals surface area contributed by atoms with Crippen molar-refractivity contribution in [3.05, 3.63) is 12.2 Å². The first-order valence-corrected chi connectivity index (χ1v) is 11.0. The summed E-state index contributed by atoms with van der Waals surface area (Å²) in [7, 11) is 0. The summed E-state index contributed by atoms with van der Waals surface area (Å²) in [4.78, 5) is 0. The Hall–Kier alpha value is -0.740. The van der Waals surface area contributed by atoms with Crippen molar-refractivity contribution in [3.63, 3.8) is 0 Å². The minimum Gasteiger partial charge on any atom is -0.394 e. The van der Waals surface area contributed by atoms with Gasteiger partial charge in [0, 0.05) is 24.5 Å². The fourth-order valence-electron chi connectivity index (χ4n) is 3.71. The lowest BCUT2D eigenvalue weighted by atomic mass is 9.90. The van der Waals surface area contributed by atoms with E-state index in [1.54, 1.807) is 26.0 Å². The van der Waals surface area contributed by atoms with E-state index in [1.807, 2.05) is 0 Å². The molecule has 12 nitrogen and oxygen atoms in total. The number of hydrogen-bond acceptors (Lipinski definition) is 12. The van der Waals surface area contributed by atoms with Gasteiger partial charge in [0.2, 0.25) is 0 Å². The van der Waals surface area contributed by atoms with Gasteiger partial charge in [-0.2, -0.15) is 0 Å². The van der Waals surface area contributed by atoms with Crippen LogP contribution in [0.15, 0.2) is 12.2 Å². The van der Waals surface area contributed by atoms with Crippen LogP contribution in [0, 0.1) is 5.92 Å². The Morgan fingerprint density at radius 3 is 2.31 bits per heavy atom. The normalized spacial score (nSPS) is 41.5. The van der Waals surface area contributed by atoms with Crippen molar-refractivity contribution in [2.24, 2.45) is 28.9 Å². The van der Waals surface area contributed by atoms with Crippen molar-refractivity contribution < 1.29 is 39.4 Å². The molecule has 0 spiro atoms. The number of hydrogen-bond donors (Lipinski definition) is 8. The van der Waals surface area contributed by atoms with Gasteiger partial charge in [-0.25, -0.2) is 0 Å². The number of ether oxygens (including phenoxy) is 4. The molecule has 0 aromatic carbocycles. The Morgan fingerprint density at radius 1 is 1.06 bits per heavy atom. The van der Waals surface area contributed by atoms with E-state index in [2.05, 4.69) is 0 Å². The van der Waals surface area contributed by atoms with E-state index in [9.17, 15) is 20.4 Å². The average molecular weight is 465 g/mol. The highest BCUT2D eigenvalue weighted by molar-refractivity contribution is 5.00. The van der Waals surface area contributed by atoms with Crippen molar-refractivity contribution in [1.29, 1.82) is 0 Å². The molecule has 6 unspecified atom stereocenters. The monoisotopic (exact) mass is 464 g/mol. The van der Waals surface area contributed by atoms with Crippen LogP contribution in [-0.2, 0) is 18.9 Å². The predicted molar refractivity (Wildman–Crippen MR) is 115 cm³/mol. The molecule has 2 heterocycles. The molecule has 0 radical (unpaired) electrons. The van der Waals surface area contributed by atoms with Crippen LogP contribution >= 0.6 is 0 Å². The third-order valence-electron chi connectivity index (χ3n) is 6.06. The first-order valence-electron chi connectivity index (χ1n) is 11.0. The Kier molecular flexibility index (Phi) is 10.9. The van der Waals surface area contributed by atoms with Crippen LogP contribution in [0.3, 0.4) is 0 Å². The molecule has 188 valence electrons. The highest BCUT2D eigenvalue weighted by atomic mass is 16.7. The van der Waals surface area contributed by atoms with Gasteiger partial charge in [-0.15, -0.1) is 0 Å². The second kappa shape index (κ2) is 12.6. The highest BCUT2D eigenvalue weighted by Gasteiger charge is 2.42. The lowest BCUT2D eigenvalue weighted by Crippen LogP contribution is -2.59. The maximum absolute atomic E-state index is 10.1. The standard InChI is InChI=1S/C20H40N4O8/c1-9-17(24)18(28)16(8-26)32-19(9)29-10(2)12(22)4-3-11(7-25)30-20-13(23)5-14(27)15(6-21)31-20/h3-4,9-20,25-28H,5-8,21-24H2,1-2H3/b4-3+/t9?,10?,11-,12-,13?,14+,15?,16?,17?,18+,19-,20+/m1/s1. The summed E-state index contributed by atoms with van der Waals surface area (Å²) in [6, 6.07) is -1.78. The third kappa shape index (κ3) is 6.88. The smallest absolute Gasteiger partial charge is 0.174 e. The van der Waals surface area contributed by atoms with E-state index < -0.39 is 67.3 Å². The Labute approximate surface area is 188 Å². The molecule has 0 amide bonds. The molecule has 12 heteroatoms. The van der Waals surface area contributed by atoms with Crippen molar-refractivity contribution >= 4 is 0 Å². The number of nitrogens with two attached hydrogens (primary N) is 4. The molecule has 2 aliphatic rings. The molecule has 2 saturated heterocycles. The summed E-state index contributed by atoms with van der Waals surface area (Å²) in [5, 5.41) is 39.0. The van der Waals surface area contributed by atoms with Crippen LogP contribution in [0.25, 0.3) is 0 Å². The fourth-order valence-corrected chi connectivity index (χ4v) is 3.71. The number of aliphatic hydroxyl groups excluding tert-OH is 4. The summed E-state index contributed by atoms with van der Waals surface area (Å²) >= 11 is 0. The van der Waals surface area contributed by atoms with E-state index >= 15 is 0 Å². The minimum atomic E-state index is -0.991. The second-order valence-electron chi connectivity index (χ2n) is 8.56. The lowest BCUT2D eigenvalue weighted by molar-refractivity contribution is -0.270. The summed E-state index contributed by atoms with van der Waals surface area (Å²) in [6.45, 7) is 2.93. The summed E-state index contributed by atoms with van der Waals surface area (Å²) in [5.74, 6) is -0.323. The van der Waals surface area contributed by atoms with Gasteiger partial charge in [-0.1, -0.05) is 19.1 Å². The van der Waals surface area contributed by atoms with Crippen LogP contribution < -0.4 is 22.9 Å². The molecule has 0 aromatic heterocycles. The van der Waals surface area contributed by atoms with Gasteiger partial charge in [0.25, 0.3) is 0 Å². The lowest BCUT2D eigenvalue weighted by Gasteiger charge is -2.42. The molecule has 32 heavy (non-hydrogen) atoms. The Bertz CT molecular complexity index is 586. The molecule has 2 aliphatic heterocycles. The minimum absolute atomic E-state index is 0.118. The van der Waals surface area contributed by atoms with Gasteiger partial charge in [0.1, 0.15) is 12.2 Å². The van der Waals surface area contributed by atoms with Crippen LogP contribution in [-0.4, -0.2) is 108 Å². The summed E-state index contributed by atoms with van der Waals surface area (Å²) in [6.07, 6.45) is -2.56. The van der Waals surface area contributed by atoms with Crippen LogP contribution in [0.1, 0.15) is 20.3 Å². The quantitative estimate of drug-likeness (QED) is 0.147. The molecule has 12 N–H and O–H groups in total. The van der Waals surface area contributed by atoms with E-state index in [0.29, 0.717) is 0 Å². The maximum Gasteiger partial charge on any atom is 0.174 e. The van der Waals surface area contributed by atoms with Gasteiger partial charge in [-0.05, 0) is 13.3 Å². The van der Waals surface area contributed by atoms with Gasteiger partial charge in [0.05, 0.1) is 43.7 Å². The molecule has 0 aliphatic carbocycles. The van der Waals surface area contributed by atoms with E-state index in [1.165, 1.54) is 0 Å². The molecule has 12 atom stereocenters. The summed E-state index contributed by atoms with van der Waals surface area (Å²) < 4.78 is 22.9. The Morgan fingerprint density at radius 2 is 1.72 bits per heavy atom. The largest absolute Gasteiger partial charge is 0.394 e. The van der Waals surface area contributed by atoms with Gasteiger partial charge < -0.3 is 62.3 Å². The van der Waals surface area contributed by atoms with Crippen LogP contribution in [0.5, 0.6) is 0 Å². The molecular formula is C20H40N4O8. The fraction of sp³-hybridized carbons (Fsp3) is 0.900. The van der Waals surface area contributed by atoms with Gasteiger partial charge >= 0.3 is 0 Å². The topological polar surface area (TPSA) is 222 Å². The zero-order valence-corrected chi connectivity index (χ0v) is 18.6. The number of rotatable bonds is 10. The highest BCUT2D eigenvalue weighted by Crippen LogP contribution is 2.27. The van der Waals surface area contributed by atoms with Gasteiger partial charge in [0.15, 0.2) is 12.6 Å². The van der Waals surface area contributed by atoms with E-state index in [-0.39, 0.29) is 32.1 Å². The predicted octanol–water partition coefficient (Wildman–Crippen LogP) is -3.54. The van der Waals surface area contributed by atoms with E-state index in [4.69, 9.17) is 41.9 Å². The zero-order valence-electron chi connectivity index (χ0n) is 18.6. The molecule has 0 bridgehead atoms. The first kappa shape index (κ1) is 27.5. The average Bonchev–Trinajstić information content (AvgIpc) is 2.77. The zero-order chi connectivity index (χ0) is 24.0. The molecule has 0 saturated carbocycles. The SMILES string of the molecule is CC1C(N)[C@@H](O)C(CO)O[C@H]1OC(C)[C@H](N)/C=C/[C@H](CO)O[C@H]1OC(CN)[C@@H](O)CC1N. The molecule has 2 fully saturated rings. The van der Waals surface area contributed by atoms with Crippen molar-refractivity contribution in [1.82, 2.24) is 0 Å². The third-order valence-corrected chi connectivity index (χ3v) is 6.06. The van der Waals surface area contributed by atoms with Crippen molar-refractivity contribution in [2.75, 3.05) is 19.8 Å². The van der Waals surface area contributed by atoms with Crippen molar-refractivity contribution in [2.45, 2.75) is 87.6 Å². The van der Waals surface area contributed by atoms with Gasteiger partial charge in [-0.3, -0.25) is 0 Å². The van der Waals surface area contributed by atoms with E-state index in [0.717, 1.165) is 0 Å². The van der Waals surface area contributed by atoms with Crippen molar-refractivity contribution in [3.8, 4) is 0 Å². The number of aliphatic hydroxyl groups is 4. The second-order valence-corrected chi connectivity index (χ2v) is 8.56. The molecular weight excluding hydrogens is 424 g/mol. The first-order chi connectivity index (χ1) is 15.1.